The first-order valence-corrected chi connectivity index (χ1v) is 9.64. The van der Waals surface area contributed by atoms with Crippen molar-refractivity contribution >= 4 is 29.2 Å². The van der Waals surface area contributed by atoms with Gasteiger partial charge in [0.05, 0.1) is 19.2 Å². The van der Waals surface area contributed by atoms with Crippen LogP contribution in [0, 0.1) is 11.7 Å². The molecular formula is C22H24FN3O4. The average molecular weight is 413 g/mol. The Kier molecular flexibility index (Phi) is 6.34. The first kappa shape index (κ1) is 21.3. The van der Waals surface area contributed by atoms with Gasteiger partial charge in [-0.05, 0) is 48.4 Å². The number of hydrogen-bond donors (Lipinski definition) is 1. The molecule has 1 atom stereocenters. The highest BCUT2D eigenvalue weighted by Crippen LogP contribution is 2.28. The number of imide groups is 1. The van der Waals surface area contributed by atoms with Gasteiger partial charge >= 0.3 is 6.03 Å². The second-order valence-corrected chi connectivity index (χ2v) is 7.48. The minimum Gasteiger partial charge on any atom is -0.497 e. The fourth-order valence-corrected chi connectivity index (χ4v) is 3.35. The fourth-order valence-electron chi connectivity index (χ4n) is 3.35. The number of anilines is 2. The van der Waals surface area contributed by atoms with E-state index in [-0.39, 0.29) is 18.0 Å². The van der Waals surface area contributed by atoms with Crippen molar-refractivity contribution in [3.63, 3.8) is 0 Å². The van der Waals surface area contributed by atoms with Crippen molar-refractivity contribution < 1.29 is 23.5 Å². The molecule has 1 saturated heterocycles. The lowest BCUT2D eigenvalue weighted by atomic mass is 10.1. The second-order valence-electron chi connectivity index (χ2n) is 7.48. The molecule has 8 heteroatoms. The number of urea groups is 1. The van der Waals surface area contributed by atoms with Crippen LogP contribution in [0.5, 0.6) is 5.75 Å². The van der Waals surface area contributed by atoms with Crippen molar-refractivity contribution in [2.24, 2.45) is 5.92 Å². The van der Waals surface area contributed by atoms with Crippen LogP contribution in [-0.4, -0.2) is 42.4 Å². The Morgan fingerprint density at radius 3 is 2.47 bits per heavy atom. The van der Waals surface area contributed by atoms with E-state index in [1.165, 1.54) is 23.1 Å². The minimum atomic E-state index is -0.957. The molecule has 3 rings (SSSR count). The first-order valence-electron chi connectivity index (χ1n) is 9.64. The molecule has 0 aliphatic carbocycles. The Morgan fingerprint density at radius 1 is 1.17 bits per heavy atom. The van der Waals surface area contributed by atoms with E-state index in [0.29, 0.717) is 18.0 Å². The van der Waals surface area contributed by atoms with Gasteiger partial charge in [-0.3, -0.25) is 9.59 Å². The summed E-state index contributed by atoms with van der Waals surface area (Å²) in [5.41, 5.74) is 0.701. The van der Waals surface area contributed by atoms with Crippen molar-refractivity contribution in [3.05, 3.63) is 54.3 Å². The minimum absolute atomic E-state index is 0.0846. The van der Waals surface area contributed by atoms with Gasteiger partial charge in [-0.1, -0.05) is 19.9 Å². The number of halogens is 1. The van der Waals surface area contributed by atoms with Crippen molar-refractivity contribution in [1.82, 2.24) is 4.90 Å². The van der Waals surface area contributed by atoms with Crippen molar-refractivity contribution in [3.8, 4) is 5.75 Å². The summed E-state index contributed by atoms with van der Waals surface area (Å²) in [6, 6.07) is 10.6. The molecule has 1 N–H and O–H groups in total. The third-order valence-electron chi connectivity index (χ3n) is 4.70. The number of carbonyl (C=O) groups is 3. The lowest BCUT2D eigenvalue weighted by molar-refractivity contribution is -0.124. The highest BCUT2D eigenvalue weighted by molar-refractivity contribution is 6.22. The van der Waals surface area contributed by atoms with Crippen LogP contribution in [0.3, 0.4) is 0 Å². The molecule has 0 unspecified atom stereocenters. The van der Waals surface area contributed by atoms with Crippen LogP contribution in [0.25, 0.3) is 0 Å². The van der Waals surface area contributed by atoms with Crippen LogP contribution in [0.15, 0.2) is 48.5 Å². The van der Waals surface area contributed by atoms with Crippen LogP contribution in [0.2, 0.25) is 0 Å². The molecule has 158 valence electrons. The number of ether oxygens (including phenoxy) is 1. The monoisotopic (exact) mass is 413 g/mol. The smallest absolute Gasteiger partial charge is 0.332 e. The zero-order valence-electron chi connectivity index (χ0n) is 17.1. The summed E-state index contributed by atoms with van der Waals surface area (Å²) in [6.45, 7) is 4.13. The largest absolute Gasteiger partial charge is 0.497 e. The molecule has 0 spiro atoms. The first-order chi connectivity index (χ1) is 14.3. The van der Waals surface area contributed by atoms with Gasteiger partial charge in [0.25, 0.3) is 5.91 Å². The Labute approximate surface area is 174 Å². The average Bonchev–Trinajstić information content (AvgIpc) is 2.92. The van der Waals surface area contributed by atoms with Gasteiger partial charge in [0.1, 0.15) is 17.6 Å². The summed E-state index contributed by atoms with van der Waals surface area (Å²) in [5.74, 6) is -0.763. The predicted molar refractivity (Wildman–Crippen MR) is 111 cm³/mol. The molecule has 1 heterocycles. The van der Waals surface area contributed by atoms with Gasteiger partial charge in [-0.15, -0.1) is 0 Å². The summed E-state index contributed by atoms with van der Waals surface area (Å²) in [7, 11) is 1.55. The highest BCUT2D eigenvalue weighted by Gasteiger charge is 2.46. The maximum absolute atomic E-state index is 13.6. The van der Waals surface area contributed by atoms with E-state index < -0.39 is 29.7 Å². The normalized spacial score (nSPS) is 16.4. The zero-order chi connectivity index (χ0) is 21.8. The molecule has 0 radical (unpaired) electrons. The lowest BCUT2D eigenvalue weighted by Crippen LogP contribution is -2.40. The topological polar surface area (TPSA) is 79.0 Å². The molecule has 1 aliphatic rings. The van der Waals surface area contributed by atoms with E-state index in [2.05, 4.69) is 5.32 Å². The van der Waals surface area contributed by atoms with Gasteiger partial charge < -0.3 is 15.0 Å². The molecule has 0 aromatic heterocycles. The molecule has 30 heavy (non-hydrogen) atoms. The quantitative estimate of drug-likeness (QED) is 0.703. The number of nitrogens with zero attached hydrogens (tertiary/aromatic N) is 2. The van der Waals surface area contributed by atoms with Gasteiger partial charge in [0.15, 0.2) is 0 Å². The van der Waals surface area contributed by atoms with E-state index in [0.717, 1.165) is 11.0 Å². The van der Waals surface area contributed by atoms with E-state index in [1.54, 1.807) is 31.4 Å². The third-order valence-corrected chi connectivity index (χ3v) is 4.70. The Balaban J connectivity index is 1.80. The summed E-state index contributed by atoms with van der Waals surface area (Å²) in [6.07, 6.45) is -0.199. The Morgan fingerprint density at radius 2 is 1.87 bits per heavy atom. The maximum Gasteiger partial charge on any atom is 0.332 e. The van der Waals surface area contributed by atoms with E-state index in [1.807, 2.05) is 13.8 Å². The Hall–Kier alpha value is -3.42. The molecule has 1 aliphatic heterocycles. The van der Waals surface area contributed by atoms with E-state index in [4.69, 9.17) is 4.74 Å². The van der Waals surface area contributed by atoms with E-state index >= 15 is 0 Å². The van der Waals surface area contributed by atoms with Gasteiger partial charge in [-0.2, -0.15) is 0 Å². The summed E-state index contributed by atoms with van der Waals surface area (Å²) >= 11 is 0. The van der Waals surface area contributed by atoms with Crippen LogP contribution in [0.1, 0.15) is 20.3 Å². The van der Waals surface area contributed by atoms with Crippen molar-refractivity contribution in [2.75, 3.05) is 23.9 Å². The molecule has 4 amide bonds. The molecule has 2 aromatic rings. The van der Waals surface area contributed by atoms with Crippen LogP contribution in [0.4, 0.5) is 20.6 Å². The summed E-state index contributed by atoms with van der Waals surface area (Å²) in [5, 5.41) is 2.73. The highest BCUT2D eigenvalue weighted by atomic mass is 19.1. The number of hydrogen-bond acceptors (Lipinski definition) is 4. The van der Waals surface area contributed by atoms with Crippen LogP contribution >= 0.6 is 0 Å². The van der Waals surface area contributed by atoms with Gasteiger partial charge in [0, 0.05) is 12.2 Å². The fraction of sp³-hybridized carbons (Fsp3) is 0.318. The molecule has 2 aromatic carbocycles. The molecular weight excluding hydrogens is 389 g/mol. The van der Waals surface area contributed by atoms with E-state index in [9.17, 15) is 18.8 Å². The number of amides is 4. The maximum atomic E-state index is 13.6. The lowest BCUT2D eigenvalue weighted by Gasteiger charge is -2.23. The number of benzene rings is 2. The number of methoxy groups -OCH3 is 1. The number of nitrogens with one attached hydrogen (secondary N) is 1. The molecule has 0 saturated carbocycles. The molecule has 7 nitrogen and oxygen atoms in total. The summed E-state index contributed by atoms with van der Waals surface area (Å²) in [4.78, 5) is 40.9. The van der Waals surface area contributed by atoms with Gasteiger partial charge in [0.2, 0.25) is 5.91 Å². The molecule has 1 fully saturated rings. The third kappa shape index (κ3) is 4.59. The number of carbonyl (C=O) groups excluding carboxylic acids is 3. The Bertz CT molecular complexity index is 946. The predicted octanol–water partition coefficient (Wildman–Crippen LogP) is 3.66. The van der Waals surface area contributed by atoms with Gasteiger partial charge in [-0.25, -0.2) is 14.1 Å². The second kappa shape index (κ2) is 8.94. The van der Waals surface area contributed by atoms with Crippen LogP contribution < -0.4 is 15.0 Å². The van der Waals surface area contributed by atoms with Crippen LogP contribution in [-0.2, 0) is 9.59 Å². The zero-order valence-corrected chi connectivity index (χ0v) is 17.1. The SMILES string of the molecule is COc1ccc(NC(=O)C[C@H]2C(=O)N(c3cccc(F)c3)C(=O)N2CC(C)C)cc1. The number of rotatable bonds is 7. The summed E-state index contributed by atoms with van der Waals surface area (Å²) < 4.78 is 18.7. The standard InChI is InChI=1S/C22H24FN3O4/c1-14(2)13-25-19(12-20(27)24-16-7-9-18(30-3)10-8-16)21(28)26(22(25)29)17-6-4-5-15(23)11-17/h4-11,14,19H,12-13H2,1-3H3,(H,24,27)/t19-/m0/s1. The molecule has 0 bridgehead atoms. The van der Waals surface area contributed by atoms with Crippen molar-refractivity contribution in [2.45, 2.75) is 26.3 Å². The van der Waals surface area contributed by atoms with Crippen molar-refractivity contribution in [1.29, 1.82) is 0 Å².